The zero-order chi connectivity index (χ0) is 18.1. The molecule has 0 atom stereocenters. The number of halogens is 2. The first-order valence-electron chi connectivity index (χ1n) is 8.20. The SMILES string of the molecule is CCNC(=NCc1cccc(C)c1)NCC(=O)Nc1ccc(F)cc1.I. The summed E-state index contributed by atoms with van der Waals surface area (Å²) in [6, 6.07) is 13.8. The number of amides is 1. The third-order valence-corrected chi connectivity index (χ3v) is 3.39. The van der Waals surface area contributed by atoms with Crippen LogP contribution in [0.5, 0.6) is 0 Å². The molecule has 7 heteroatoms. The predicted molar refractivity (Wildman–Crippen MR) is 114 cm³/mol. The summed E-state index contributed by atoms with van der Waals surface area (Å²) < 4.78 is 12.9. The van der Waals surface area contributed by atoms with E-state index in [-0.39, 0.29) is 42.2 Å². The maximum absolute atomic E-state index is 12.9. The molecule has 0 fully saturated rings. The molecule has 0 bridgehead atoms. The second-order valence-corrected chi connectivity index (χ2v) is 5.59. The van der Waals surface area contributed by atoms with Crippen molar-refractivity contribution in [3.8, 4) is 0 Å². The normalized spacial score (nSPS) is 10.7. The molecule has 0 aliphatic rings. The van der Waals surface area contributed by atoms with Crippen molar-refractivity contribution in [2.75, 3.05) is 18.4 Å². The van der Waals surface area contributed by atoms with Crippen molar-refractivity contribution < 1.29 is 9.18 Å². The lowest BCUT2D eigenvalue weighted by atomic mass is 10.1. The molecular formula is C19H24FIN4O. The summed E-state index contributed by atoms with van der Waals surface area (Å²) in [6.07, 6.45) is 0. The van der Waals surface area contributed by atoms with Crippen molar-refractivity contribution in [1.29, 1.82) is 0 Å². The zero-order valence-corrected chi connectivity index (χ0v) is 17.2. The fourth-order valence-electron chi connectivity index (χ4n) is 2.22. The Balaban J connectivity index is 0.00000338. The van der Waals surface area contributed by atoms with Gasteiger partial charge in [-0.3, -0.25) is 4.79 Å². The van der Waals surface area contributed by atoms with Gasteiger partial charge in [0, 0.05) is 12.2 Å². The maximum Gasteiger partial charge on any atom is 0.243 e. The minimum atomic E-state index is -0.339. The van der Waals surface area contributed by atoms with Gasteiger partial charge in [0.25, 0.3) is 0 Å². The molecule has 0 unspecified atom stereocenters. The van der Waals surface area contributed by atoms with Gasteiger partial charge in [0.2, 0.25) is 5.91 Å². The van der Waals surface area contributed by atoms with Crippen LogP contribution in [0.25, 0.3) is 0 Å². The lowest BCUT2D eigenvalue weighted by Crippen LogP contribution is -2.41. The van der Waals surface area contributed by atoms with Crippen LogP contribution in [0.1, 0.15) is 18.1 Å². The third-order valence-electron chi connectivity index (χ3n) is 3.39. The Labute approximate surface area is 170 Å². The number of carbonyl (C=O) groups is 1. The van der Waals surface area contributed by atoms with Crippen molar-refractivity contribution in [2.24, 2.45) is 4.99 Å². The van der Waals surface area contributed by atoms with Crippen LogP contribution in [0.15, 0.2) is 53.5 Å². The van der Waals surface area contributed by atoms with E-state index in [2.05, 4.69) is 27.0 Å². The lowest BCUT2D eigenvalue weighted by molar-refractivity contribution is -0.115. The van der Waals surface area contributed by atoms with Crippen LogP contribution in [-0.4, -0.2) is 25.0 Å². The number of aryl methyl sites for hydroxylation is 1. The summed E-state index contributed by atoms with van der Waals surface area (Å²) in [5.74, 6) is -0.000123. The number of rotatable bonds is 6. The van der Waals surface area contributed by atoms with E-state index in [1.54, 1.807) is 0 Å². The van der Waals surface area contributed by atoms with Crippen LogP contribution < -0.4 is 16.0 Å². The van der Waals surface area contributed by atoms with Crippen molar-refractivity contribution in [1.82, 2.24) is 10.6 Å². The molecule has 3 N–H and O–H groups in total. The Kier molecular flexibility index (Phi) is 9.64. The van der Waals surface area contributed by atoms with Crippen molar-refractivity contribution in [3.63, 3.8) is 0 Å². The summed E-state index contributed by atoms with van der Waals surface area (Å²) in [5.41, 5.74) is 2.84. The molecule has 0 saturated carbocycles. The second-order valence-electron chi connectivity index (χ2n) is 5.59. The van der Waals surface area contributed by atoms with Gasteiger partial charge in [-0.1, -0.05) is 29.8 Å². The van der Waals surface area contributed by atoms with Crippen LogP contribution in [0.3, 0.4) is 0 Å². The maximum atomic E-state index is 12.9. The number of nitrogens with zero attached hydrogens (tertiary/aromatic N) is 1. The summed E-state index contributed by atoms with van der Waals surface area (Å²) in [4.78, 5) is 16.5. The molecule has 0 aliphatic heterocycles. The van der Waals surface area contributed by atoms with Gasteiger partial charge < -0.3 is 16.0 Å². The first kappa shape index (κ1) is 21.9. The monoisotopic (exact) mass is 470 g/mol. The molecule has 140 valence electrons. The number of benzene rings is 2. The molecule has 0 heterocycles. The van der Waals surface area contributed by atoms with Crippen molar-refractivity contribution in [3.05, 3.63) is 65.5 Å². The Bertz CT molecular complexity index is 735. The van der Waals surface area contributed by atoms with E-state index in [1.807, 2.05) is 32.0 Å². The summed E-state index contributed by atoms with van der Waals surface area (Å²) in [7, 11) is 0. The molecule has 2 aromatic rings. The van der Waals surface area contributed by atoms with Gasteiger partial charge in [0.1, 0.15) is 5.82 Å². The average Bonchev–Trinajstić information content (AvgIpc) is 2.59. The molecule has 2 rings (SSSR count). The minimum Gasteiger partial charge on any atom is -0.357 e. The number of guanidine groups is 1. The standard InChI is InChI=1S/C19H23FN4O.HI/c1-3-21-19(22-12-15-6-4-5-14(2)11-15)23-13-18(25)24-17-9-7-16(20)8-10-17;/h4-11H,3,12-13H2,1-2H3,(H,24,25)(H2,21,22,23);1H. The molecule has 5 nitrogen and oxygen atoms in total. The molecule has 0 radical (unpaired) electrons. The zero-order valence-electron chi connectivity index (χ0n) is 14.9. The highest BCUT2D eigenvalue weighted by Gasteiger charge is 2.04. The van der Waals surface area contributed by atoms with Gasteiger partial charge in [-0.15, -0.1) is 24.0 Å². The Morgan fingerprint density at radius 2 is 1.85 bits per heavy atom. The van der Waals surface area contributed by atoms with E-state index >= 15 is 0 Å². The van der Waals surface area contributed by atoms with Crippen LogP contribution in [-0.2, 0) is 11.3 Å². The number of anilines is 1. The fourth-order valence-corrected chi connectivity index (χ4v) is 2.22. The van der Waals surface area contributed by atoms with Crippen molar-refractivity contribution >= 4 is 41.5 Å². The molecule has 0 spiro atoms. The van der Waals surface area contributed by atoms with Crippen LogP contribution in [0.4, 0.5) is 10.1 Å². The van der Waals surface area contributed by atoms with E-state index in [9.17, 15) is 9.18 Å². The van der Waals surface area contributed by atoms with Gasteiger partial charge in [0.15, 0.2) is 5.96 Å². The van der Waals surface area contributed by atoms with E-state index < -0.39 is 0 Å². The highest BCUT2D eigenvalue weighted by molar-refractivity contribution is 14.0. The molecule has 0 aliphatic carbocycles. The average molecular weight is 470 g/mol. The Hall–Kier alpha value is -2.16. The highest BCUT2D eigenvalue weighted by Crippen LogP contribution is 2.07. The summed E-state index contributed by atoms with van der Waals surface area (Å²) >= 11 is 0. The highest BCUT2D eigenvalue weighted by atomic mass is 127. The van der Waals surface area contributed by atoms with Crippen LogP contribution in [0, 0.1) is 12.7 Å². The molecule has 1 amide bonds. The van der Waals surface area contributed by atoms with E-state index in [4.69, 9.17) is 0 Å². The lowest BCUT2D eigenvalue weighted by Gasteiger charge is -2.11. The number of hydrogen-bond donors (Lipinski definition) is 3. The smallest absolute Gasteiger partial charge is 0.243 e. The number of aliphatic imine (C=N–C) groups is 1. The van der Waals surface area contributed by atoms with Gasteiger partial charge in [-0.25, -0.2) is 9.38 Å². The molecule has 2 aromatic carbocycles. The molecular weight excluding hydrogens is 446 g/mol. The third kappa shape index (κ3) is 7.81. The largest absolute Gasteiger partial charge is 0.357 e. The van der Waals surface area contributed by atoms with Gasteiger partial charge in [-0.2, -0.15) is 0 Å². The quantitative estimate of drug-likeness (QED) is 0.344. The first-order valence-corrected chi connectivity index (χ1v) is 8.20. The summed E-state index contributed by atoms with van der Waals surface area (Å²) in [5, 5.41) is 8.79. The Morgan fingerprint density at radius 1 is 1.12 bits per heavy atom. The van der Waals surface area contributed by atoms with Crippen LogP contribution in [0.2, 0.25) is 0 Å². The predicted octanol–water partition coefficient (Wildman–Crippen LogP) is 3.45. The summed E-state index contributed by atoms with van der Waals surface area (Å²) in [6.45, 7) is 5.28. The fraction of sp³-hybridized carbons (Fsp3) is 0.263. The van der Waals surface area contributed by atoms with E-state index in [0.29, 0.717) is 24.7 Å². The second kappa shape index (κ2) is 11.5. The number of nitrogens with one attached hydrogen (secondary N) is 3. The number of carbonyl (C=O) groups excluding carboxylic acids is 1. The van der Waals surface area contributed by atoms with Crippen molar-refractivity contribution in [2.45, 2.75) is 20.4 Å². The van der Waals surface area contributed by atoms with Gasteiger partial charge in [-0.05, 0) is 43.7 Å². The number of hydrogen-bond acceptors (Lipinski definition) is 2. The van der Waals surface area contributed by atoms with E-state index in [0.717, 1.165) is 5.56 Å². The topological polar surface area (TPSA) is 65.5 Å². The molecule has 0 saturated heterocycles. The van der Waals surface area contributed by atoms with Crippen LogP contribution >= 0.6 is 24.0 Å². The Morgan fingerprint density at radius 3 is 2.50 bits per heavy atom. The van der Waals surface area contributed by atoms with E-state index in [1.165, 1.54) is 29.8 Å². The first-order chi connectivity index (χ1) is 12.1. The minimum absolute atomic E-state index is 0. The van der Waals surface area contributed by atoms with Gasteiger partial charge in [0.05, 0.1) is 13.1 Å². The molecule has 0 aromatic heterocycles. The van der Waals surface area contributed by atoms with Gasteiger partial charge >= 0.3 is 0 Å². The molecule has 26 heavy (non-hydrogen) atoms.